The number of hydrogen-bond acceptors (Lipinski definition) is 4. The van der Waals surface area contributed by atoms with Gasteiger partial charge < -0.3 is 4.74 Å². The minimum Gasteiger partial charge on any atom is -0.486 e. The van der Waals surface area contributed by atoms with Gasteiger partial charge in [-0.05, 0) is 13.8 Å². The third-order valence-corrected chi connectivity index (χ3v) is 4.25. The summed E-state index contributed by atoms with van der Waals surface area (Å²) in [6.07, 6.45) is 2.37. The molecule has 0 bridgehead atoms. The summed E-state index contributed by atoms with van der Waals surface area (Å²) in [5.41, 5.74) is 0. The summed E-state index contributed by atoms with van der Waals surface area (Å²) < 4.78 is 53.7. The number of alkyl halides is 2. The predicted octanol–water partition coefficient (Wildman–Crippen LogP) is 2.30. The fourth-order valence-electron chi connectivity index (χ4n) is 1.12. The number of ether oxygens (including phenoxy) is 1. The predicted molar refractivity (Wildman–Crippen MR) is 62.7 cm³/mol. The summed E-state index contributed by atoms with van der Waals surface area (Å²) in [5, 5.41) is -0.609. The molecular weight excluding hydrogens is 264 g/mol. The van der Waals surface area contributed by atoms with E-state index in [1.165, 1.54) is 32.3 Å². The Bertz CT molecular complexity index is 509. The zero-order valence-electron chi connectivity index (χ0n) is 10.4. The van der Waals surface area contributed by atoms with E-state index >= 15 is 0 Å². The van der Waals surface area contributed by atoms with Gasteiger partial charge in [0.15, 0.2) is 16.4 Å². The maximum absolute atomic E-state index is 12.6. The SMILES string of the molecule is CC(C)S(=O)(=O)c1cncc(OCC(C)(F)F)c1. The molecule has 0 saturated heterocycles. The molecule has 0 atom stereocenters. The van der Waals surface area contributed by atoms with Gasteiger partial charge >= 0.3 is 0 Å². The fraction of sp³-hybridized carbons (Fsp3) is 0.545. The van der Waals surface area contributed by atoms with Crippen molar-refractivity contribution < 1.29 is 21.9 Å². The van der Waals surface area contributed by atoms with Crippen LogP contribution in [0, 0.1) is 0 Å². The van der Waals surface area contributed by atoms with Gasteiger partial charge in [-0.3, -0.25) is 4.98 Å². The molecular formula is C11H15F2NO3S. The van der Waals surface area contributed by atoms with Crippen LogP contribution in [0.25, 0.3) is 0 Å². The largest absolute Gasteiger partial charge is 0.486 e. The number of aromatic nitrogens is 1. The Labute approximate surface area is 105 Å². The lowest BCUT2D eigenvalue weighted by molar-refractivity contribution is -0.0231. The van der Waals surface area contributed by atoms with Crippen LogP contribution in [0.5, 0.6) is 5.75 Å². The number of halogens is 2. The second-order valence-corrected chi connectivity index (χ2v) is 6.81. The van der Waals surface area contributed by atoms with Crippen LogP contribution in [0.4, 0.5) is 8.78 Å². The minimum absolute atomic E-state index is 0.0123. The van der Waals surface area contributed by atoms with Gasteiger partial charge in [0, 0.05) is 19.2 Å². The van der Waals surface area contributed by atoms with Crippen molar-refractivity contribution in [2.75, 3.05) is 6.61 Å². The summed E-state index contributed by atoms with van der Waals surface area (Å²) >= 11 is 0. The van der Waals surface area contributed by atoms with Crippen LogP contribution in [-0.4, -0.2) is 31.2 Å². The molecule has 0 saturated carbocycles. The van der Waals surface area contributed by atoms with Gasteiger partial charge in [0.25, 0.3) is 5.92 Å². The summed E-state index contributed by atoms with van der Waals surface area (Å²) in [6.45, 7) is 2.96. The Morgan fingerprint density at radius 3 is 2.50 bits per heavy atom. The number of sulfone groups is 1. The summed E-state index contributed by atoms with van der Waals surface area (Å²) in [7, 11) is -3.48. The molecule has 0 amide bonds. The first-order valence-corrected chi connectivity index (χ1v) is 6.87. The van der Waals surface area contributed by atoms with Gasteiger partial charge in [-0.2, -0.15) is 0 Å². The van der Waals surface area contributed by atoms with Crippen molar-refractivity contribution in [2.45, 2.75) is 36.8 Å². The fourth-order valence-corrected chi connectivity index (χ4v) is 2.15. The quantitative estimate of drug-likeness (QED) is 0.830. The molecule has 18 heavy (non-hydrogen) atoms. The second kappa shape index (κ2) is 5.17. The maximum Gasteiger partial charge on any atom is 0.278 e. The first-order valence-electron chi connectivity index (χ1n) is 5.32. The third-order valence-electron chi connectivity index (χ3n) is 2.13. The van der Waals surface area contributed by atoms with Gasteiger partial charge in [0.1, 0.15) is 5.75 Å². The molecule has 0 aliphatic carbocycles. The zero-order valence-corrected chi connectivity index (χ0v) is 11.2. The molecule has 1 rings (SSSR count). The maximum atomic E-state index is 12.6. The number of hydrogen-bond donors (Lipinski definition) is 0. The van der Waals surface area contributed by atoms with Crippen molar-refractivity contribution in [3.63, 3.8) is 0 Å². The first kappa shape index (κ1) is 14.8. The third kappa shape index (κ3) is 3.90. The number of rotatable bonds is 5. The highest BCUT2D eigenvalue weighted by atomic mass is 32.2. The molecule has 0 aliphatic rings. The lowest BCUT2D eigenvalue weighted by Gasteiger charge is -2.13. The molecule has 102 valence electrons. The first-order chi connectivity index (χ1) is 8.13. The van der Waals surface area contributed by atoms with Crippen LogP contribution in [0.2, 0.25) is 0 Å². The van der Waals surface area contributed by atoms with Crippen molar-refractivity contribution in [1.29, 1.82) is 0 Å². The summed E-state index contributed by atoms with van der Waals surface area (Å²) in [6, 6.07) is 1.20. The van der Waals surface area contributed by atoms with Crippen LogP contribution in [0.3, 0.4) is 0 Å². The Balaban J connectivity index is 2.94. The van der Waals surface area contributed by atoms with Crippen molar-refractivity contribution in [3.05, 3.63) is 18.5 Å². The molecule has 4 nitrogen and oxygen atoms in total. The van der Waals surface area contributed by atoms with E-state index in [1.54, 1.807) is 0 Å². The smallest absolute Gasteiger partial charge is 0.278 e. The monoisotopic (exact) mass is 279 g/mol. The molecule has 0 unspecified atom stereocenters. The molecule has 0 N–H and O–H groups in total. The highest BCUT2D eigenvalue weighted by molar-refractivity contribution is 7.92. The lowest BCUT2D eigenvalue weighted by Crippen LogP contribution is -2.21. The molecule has 0 fully saturated rings. The highest BCUT2D eigenvalue weighted by Crippen LogP contribution is 2.21. The molecule has 0 aromatic carbocycles. The van der Waals surface area contributed by atoms with Crippen LogP contribution in [-0.2, 0) is 9.84 Å². The van der Waals surface area contributed by atoms with Gasteiger partial charge in [0.05, 0.1) is 16.3 Å². The number of pyridine rings is 1. The molecule has 1 aromatic rings. The molecule has 0 radical (unpaired) electrons. The highest BCUT2D eigenvalue weighted by Gasteiger charge is 2.23. The van der Waals surface area contributed by atoms with Crippen LogP contribution >= 0.6 is 0 Å². The Hall–Kier alpha value is -1.24. The molecule has 0 aliphatic heterocycles. The van der Waals surface area contributed by atoms with Gasteiger partial charge in [0.2, 0.25) is 0 Å². The zero-order chi connectivity index (χ0) is 14.0. The summed E-state index contributed by atoms with van der Waals surface area (Å²) in [4.78, 5) is 3.65. The van der Waals surface area contributed by atoms with Crippen molar-refractivity contribution in [1.82, 2.24) is 4.98 Å². The Morgan fingerprint density at radius 1 is 1.39 bits per heavy atom. The average Bonchev–Trinajstić information content (AvgIpc) is 2.25. The normalized spacial score (nSPS) is 12.8. The molecule has 1 aromatic heterocycles. The van der Waals surface area contributed by atoms with Crippen LogP contribution in [0.15, 0.2) is 23.4 Å². The molecule has 7 heteroatoms. The van der Waals surface area contributed by atoms with E-state index in [9.17, 15) is 17.2 Å². The van der Waals surface area contributed by atoms with E-state index in [-0.39, 0.29) is 10.6 Å². The second-order valence-electron chi connectivity index (χ2n) is 4.31. The van der Waals surface area contributed by atoms with E-state index < -0.39 is 27.6 Å². The van der Waals surface area contributed by atoms with Gasteiger partial charge in [-0.1, -0.05) is 0 Å². The molecule has 1 heterocycles. The lowest BCUT2D eigenvalue weighted by atomic mass is 10.4. The Morgan fingerprint density at radius 2 is 2.00 bits per heavy atom. The Kier molecular flexibility index (Phi) is 4.26. The van der Waals surface area contributed by atoms with E-state index in [0.717, 1.165) is 6.92 Å². The molecule has 0 spiro atoms. The van der Waals surface area contributed by atoms with E-state index in [2.05, 4.69) is 4.98 Å². The summed E-state index contributed by atoms with van der Waals surface area (Å²) in [5.74, 6) is -2.97. The van der Waals surface area contributed by atoms with E-state index in [4.69, 9.17) is 4.74 Å². The van der Waals surface area contributed by atoms with Crippen molar-refractivity contribution in [2.24, 2.45) is 0 Å². The van der Waals surface area contributed by atoms with Crippen LogP contribution < -0.4 is 4.74 Å². The van der Waals surface area contributed by atoms with Gasteiger partial charge in [-0.15, -0.1) is 0 Å². The standard InChI is InChI=1S/C11H15F2NO3S/c1-8(2)18(15,16)10-4-9(5-14-6-10)17-7-11(3,12)13/h4-6,8H,7H2,1-3H3. The van der Waals surface area contributed by atoms with Crippen molar-refractivity contribution in [3.8, 4) is 5.75 Å². The van der Waals surface area contributed by atoms with Gasteiger partial charge in [-0.25, -0.2) is 17.2 Å². The van der Waals surface area contributed by atoms with E-state index in [0.29, 0.717) is 0 Å². The van der Waals surface area contributed by atoms with Crippen LogP contribution in [0.1, 0.15) is 20.8 Å². The minimum atomic E-state index is -3.48. The number of nitrogens with zero attached hydrogens (tertiary/aromatic N) is 1. The van der Waals surface area contributed by atoms with E-state index in [1.807, 2.05) is 0 Å². The average molecular weight is 279 g/mol. The van der Waals surface area contributed by atoms with Crippen molar-refractivity contribution >= 4 is 9.84 Å². The topological polar surface area (TPSA) is 56.3 Å².